The SMILES string of the molecule is N/C(=N/O)c1ccnc(Sc2cc(Cl)ccc2Cl)n1. The Morgan fingerprint density at radius 1 is 1.32 bits per heavy atom. The third-order valence-electron chi connectivity index (χ3n) is 2.10. The molecule has 0 aliphatic rings. The Hall–Kier alpha value is -1.50. The second kappa shape index (κ2) is 6.10. The molecular formula is C11H8Cl2N4OS. The molecule has 0 amide bonds. The molecule has 0 saturated carbocycles. The molecule has 0 fully saturated rings. The first-order valence-electron chi connectivity index (χ1n) is 5.04. The maximum atomic E-state index is 8.61. The van der Waals surface area contributed by atoms with Crippen molar-refractivity contribution in [3.63, 3.8) is 0 Å². The van der Waals surface area contributed by atoms with Crippen molar-refractivity contribution in [2.45, 2.75) is 10.1 Å². The number of hydrogen-bond donors (Lipinski definition) is 2. The number of oxime groups is 1. The molecule has 2 rings (SSSR count). The lowest BCUT2D eigenvalue weighted by Crippen LogP contribution is -2.15. The molecule has 1 aromatic heterocycles. The van der Waals surface area contributed by atoms with Crippen molar-refractivity contribution in [3.05, 3.63) is 46.2 Å². The van der Waals surface area contributed by atoms with Gasteiger partial charge in [-0.05, 0) is 36.0 Å². The van der Waals surface area contributed by atoms with Crippen molar-refractivity contribution in [1.82, 2.24) is 9.97 Å². The summed E-state index contributed by atoms with van der Waals surface area (Å²) >= 11 is 13.2. The van der Waals surface area contributed by atoms with Crippen LogP contribution in [0.3, 0.4) is 0 Å². The maximum absolute atomic E-state index is 8.61. The van der Waals surface area contributed by atoms with Gasteiger partial charge >= 0.3 is 0 Å². The second-order valence-electron chi connectivity index (χ2n) is 3.39. The van der Waals surface area contributed by atoms with Gasteiger partial charge in [0.25, 0.3) is 0 Å². The quantitative estimate of drug-likeness (QED) is 0.299. The summed E-state index contributed by atoms with van der Waals surface area (Å²) < 4.78 is 0. The van der Waals surface area contributed by atoms with Gasteiger partial charge in [-0.1, -0.05) is 28.4 Å². The summed E-state index contributed by atoms with van der Waals surface area (Å²) in [5, 5.41) is 13.0. The van der Waals surface area contributed by atoms with Crippen LogP contribution in [0.25, 0.3) is 0 Å². The lowest BCUT2D eigenvalue weighted by atomic mass is 10.4. The molecule has 2 aromatic rings. The van der Waals surface area contributed by atoms with Gasteiger partial charge in [0.2, 0.25) is 0 Å². The summed E-state index contributed by atoms with van der Waals surface area (Å²) in [5.74, 6) is -0.0820. The molecule has 0 unspecified atom stereocenters. The topological polar surface area (TPSA) is 84.4 Å². The van der Waals surface area contributed by atoms with Crippen LogP contribution in [0.15, 0.2) is 45.7 Å². The molecule has 98 valence electrons. The minimum atomic E-state index is -0.0820. The van der Waals surface area contributed by atoms with Crippen molar-refractivity contribution in [3.8, 4) is 0 Å². The molecule has 8 heteroatoms. The van der Waals surface area contributed by atoms with E-state index in [9.17, 15) is 0 Å². The molecule has 1 aromatic carbocycles. The average Bonchev–Trinajstić information content (AvgIpc) is 2.42. The van der Waals surface area contributed by atoms with Crippen molar-refractivity contribution in [1.29, 1.82) is 0 Å². The molecule has 5 nitrogen and oxygen atoms in total. The fraction of sp³-hybridized carbons (Fsp3) is 0. The van der Waals surface area contributed by atoms with Gasteiger partial charge in [-0.15, -0.1) is 0 Å². The van der Waals surface area contributed by atoms with Crippen molar-refractivity contribution in [2.75, 3.05) is 0 Å². The van der Waals surface area contributed by atoms with Crippen LogP contribution >= 0.6 is 35.0 Å². The Balaban J connectivity index is 2.31. The van der Waals surface area contributed by atoms with E-state index < -0.39 is 0 Å². The fourth-order valence-corrected chi connectivity index (χ4v) is 2.51. The molecule has 0 radical (unpaired) electrons. The summed E-state index contributed by atoms with van der Waals surface area (Å²) in [6, 6.07) is 6.65. The first kappa shape index (κ1) is 13.9. The fourth-order valence-electron chi connectivity index (χ4n) is 1.24. The van der Waals surface area contributed by atoms with Crippen LogP contribution in [0.4, 0.5) is 0 Å². The van der Waals surface area contributed by atoms with Gasteiger partial charge in [0, 0.05) is 16.1 Å². The number of hydrogen-bond acceptors (Lipinski definition) is 5. The van der Waals surface area contributed by atoms with E-state index in [-0.39, 0.29) is 5.84 Å². The number of nitrogens with zero attached hydrogens (tertiary/aromatic N) is 3. The van der Waals surface area contributed by atoms with Gasteiger partial charge in [-0.3, -0.25) is 0 Å². The van der Waals surface area contributed by atoms with E-state index in [1.807, 2.05) is 0 Å². The first-order valence-corrected chi connectivity index (χ1v) is 6.61. The summed E-state index contributed by atoms with van der Waals surface area (Å²) in [5.41, 5.74) is 5.80. The zero-order chi connectivity index (χ0) is 13.8. The first-order chi connectivity index (χ1) is 9.10. The van der Waals surface area contributed by atoms with Crippen molar-refractivity contribution >= 4 is 40.8 Å². The predicted molar refractivity (Wildman–Crippen MR) is 75.1 cm³/mol. The minimum absolute atomic E-state index is 0.0820. The highest BCUT2D eigenvalue weighted by molar-refractivity contribution is 7.99. The molecule has 1 heterocycles. The molecule has 0 aliphatic carbocycles. The Morgan fingerprint density at radius 3 is 2.84 bits per heavy atom. The van der Waals surface area contributed by atoms with Crippen LogP contribution in [0.1, 0.15) is 5.69 Å². The summed E-state index contributed by atoms with van der Waals surface area (Å²) in [6.45, 7) is 0. The summed E-state index contributed by atoms with van der Waals surface area (Å²) in [7, 11) is 0. The lowest BCUT2D eigenvalue weighted by Gasteiger charge is -2.04. The van der Waals surface area contributed by atoms with E-state index in [4.69, 9.17) is 34.1 Å². The second-order valence-corrected chi connectivity index (χ2v) is 5.24. The largest absolute Gasteiger partial charge is 0.409 e. The number of benzene rings is 1. The van der Waals surface area contributed by atoms with E-state index in [0.717, 1.165) is 4.90 Å². The lowest BCUT2D eigenvalue weighted by molar-refractivity contribution is 0.318. The van der Waals surface area contributed by atoms with E-state index >= 15 is 0 Å². The van der Waals surface area contributed by atoms with Gasteiger partial charge in [-0.25, -0.2) is 9.97 Å². The van der Waals surface area contributed by atoms with Crippen LogP contribution in [0.2, 0.25) is 10.0 Å². The molecule has 0 spiro atoms. The standard InChI is InChI=1S/C11H8Cl2N4OS/c12-6-1-2-7(13)9(5-6)19-11-15-4-3-8(16-11)10(14)17-18/h1-5,18H,(H2,14,17). The minimum Gasteiger partial charge on any atom is -0.409 e. The highest BCUT2D eigenvalue weighted by Crippen LogP contribution is 2.33. The van der Waals surface area contributed by atoms with Gasteiger partial charge in [-0.2, -0.15) is 0 Å². The van der Waals surface area contributed by atoms with E-state index in [0.29, 0.717) is 20.9 Å². The van der Waals surface area contributed by atoms with Gasteiger partial charge in [0.1, 0.15) is 5.69 Å². The van der Waals surface area contributed by atoms with Crippen molar-refractivity contribution < 1.29 is 5.21 Å². The number of amidine groups is 1. The third-order valence-corrected chi connectivity index (χ3v) is 3.71. The predicted octanol–water partition coefficient (Wildman–Crippen LogP) is 3.03. The molecule has 0 atom stereocenters. The third kappa shape index (κ3) is 3.50. The summed E-state index contributed by atoms with van der Waals surface area (Å²) in [6.07, 6.45) is 1.52. The monoisotopic (exact) mass is 314 g/mol. The van der Waals surface area contributed by atoms with Crippen LogP contribution in [-0.4, -0.2) is 21.0 Å². The van der Waals surface area contributed by atoms with Crippen molar-refractivity contribution in [2.24, 2.45) is 10.9 Å². The zero-order valence-corrected chi connectivity index (χ0v) is 11.7. The molecule has 0 saturated heterocycles. The summed E-state index contributed by atoms with van der Waals surface area (Å²) in [4.78, 5) is 8.95. The molecule has 0 bridgehead atoms. The number of nitrogens with two attached hydrogens (primary N) is 1. The van der Waals surface area contributed by atoms with Crippen LogP contribution in [-0.2, 0) is 0 Å². The van der Waals surface area contributed by atoms with Crippen LogP contribution in [0.5, 0.6) is 0 Å². The van der Waals surface area contributed by atoms with E-state index in [2.05, 4.69) is 15.1 Å². The van der Waals surface area contributed by atoms with Gasteiger partial charge in [0.05, 0.1) is 5.02 Å². The molecule has 0 aliphatic heterocycles. The Morgan fingerprint density at radius 2 is 2.11 bits per heavy atom. The molecule has 19 heavy (non-hydrogen) atoms. The van der Waals surface area contributed by atoms with Crippen LogP contribution < -0.4 is 5.73 Å². The molecule has 3 N–H and O–H groups in total. The zero-order valence-electron chi connectivity index (χ0n) is 9.42. The molecular weight excluding hydrogens is 307 g/mol. The highest BCUT2D eigenvalue weighted by Gasteiger charge is 2.08. The number of aromatic nitrogens is 2. The highest BCUT2D eigenvalue weighted by atomic mass is 35.5. The average molecular weight is 315 g/mol. The van der Waals surface area contributed by atoms with Gasteiger partial charge < -0.3 is 10.9 Å². The van der Waals surface area contributed by atoms with Gasteiger partial charge in [0.15, 0.2) is 11.0 Å². The Labute approximate surface area is 123 Å². The van der Waals surface area contributed by atoms with Crippen LogP contribution in [0, 0.1) is 0 Å². The Bertz CT molecular complexity index is 636. The smallest absolute Gasteiger partial charge is 0.193 e. The number of halogens is 2. The normalized spacial score (nSPS) is 11.6. The number of rotatable bonds is 3. The maximum Gasteiger partial charge on any atom is 0.193 e. The van der Waals surface area contributed by atoms with E-state index in [1.54, 1.807) is 24.3 Å². The Kier molecular flexibility index (Phi) is 4.47. The van der Waals surface area contributed by atoms with E-state index in [1.165, 1.54) is 18.0 Å².